The highest BCUT2D eigenvalue weighted by molar-refractivity contribution is 7.92. The molecule has 2 aromatic carbocycles. The predicted molar refractivity (Wildman–Crippen MR) is 164 cm³/mol. The van der Waals surface area contributed by atoms with Crippen molar-refractivity contribution in [2.75, 3.05) is 26.3 Å². The molecule has 2 aliphatic heterocycles. The highest BCUT2D eigenvalue weighted by Crippen LogP contribution is 2.41. The fraction of sp³-hybridized carbons (Fsp3) is 0.562. The van der Waals surface area contributed by atoms with E-state index in [2.05, 4.69) is 10.6 Å². The maximum atomic E-state index is 12.6. The molecule has 0 amide bonds. The van der Waals surface area contributed by atoms with Crippen molar-refractivity contribution in [2.24, 2.45) is 11.8 Å². The van der Waals surface area contributed by atoms with Gasteiger partial charge in [0.25, 0.3) is 0 Å². The Balaban J connectivity index is 0.000000175. The summed E-state index contributed by atoms with van der Waals surface area (Å²) in [5.41, 5.74) is 1.40. The molecule has 2 N–H and O–H groups in total. The minimum Gasteiger partial charge on any atom is -0.466 e. The molecular formula is C32H42N2O8S2. The summed E-state index contributed by atoms with van der Waals surface area (Å²) in [6.45, 7) is 5.60. The number of esters is 2. The van der Waals surface area contributed by atoms with Crippen LogP contribution >= 0.6 is 0 Å². The van der Waals surface area contributed by atoms with Crippen LogP contribution in [0.15, 0.2) is 58.3 Å². The van der Waals surface area contributed by atoms with Crippen LogP contribution < -0.4 is 10.6 Å². The van der Waals surface area contributed by atoms with Crippen LogP contribution in [-0.4, -0.2) is 65.6 Å². The molecule has 2 aromatic rings. The van der Waals surface area contributed by atoms with E-state index in [1.165, 1.54) is 0 Å². The summed E-state index contributed by atoms with van der Waals surface area (Å²) in [5.74, 6) is -1.15. The fourth-order valence-corrected chi connectivity index (χ4v) is 9.99. The molecule has 0 radical (unpaired) electrons. The van der Waals surface area contributed by atoms with Gasteiger partial charge < -0.3 is 20.1 Å². The first-order valence-electron chi connectivity index (χ1n) is 15.6. The SMILES string of the molecule is CCOC(=O)[C@@H]1CCN[C@@H]1c1ccccc1S(=O)(=O)C1CC1.CCOC(=O)[C@H]1CCN[C@H]1c1ccccc1S(=O)(=O)C1CC1. The van der Waals surface area contributed by atoms with Crippen molar-refractivity contribution < 1.29 is 35.9 Å². The lowest BCUT2D eigenvalue weighted by molar-refractivity contribution is -0.149. The van der Waals surface area contributed by atoms with E-state index >= 15 is 0 Å². The van der Waals surface area contributed by atoms with Gasteiger partial charge in [0.2, 0.25) is 0 Å². The second-order valence-electron chi connectivity index (χ2n) is 11.7. The number of nitrogens with one attached hydrogen (secondary N) is 2. The monoisotopic (exact) mass is 646 g/mol. The minimum absolute atomic E-state index is 0.254. The highest BCUT2D eigenvalue weighted by Gasteiger charge is 2.43. The van der Waals surface area contributed by atoms with Gasteiger partial charge in [0.1, 0.15) is 0 Å². The molecule has 44 heavy (non-hydrogen) atoms. The third-order valence-electron chi connectivity index (χ3n) is 8.67. The summed E-state index contributed by atoms with van der Waals surface area (Å²) < 4.78 is 60.8. The Morgan fingerprint density at radius 3 is 1.34 bits per heavy atom. The summed E-state index contributed by atoms with van der Waals surface area (Å²) in [4.78, 5) is 25.0. The van der Waals surface area contributed by atoms with Gasteiger partial charge in [-0.25, -0.2) is 16.8 Å². The summed E-state index contributed by atoms with van der Waals surface area (Å²) in [6, 6.07) is 13.5. The number of sulfone groups is 2. The van der Waals surface area contributed by atoms with Crippen LogP contribution in [0.1, 0.15) is 75.6 Å². The molecule has 4 fully saturated rings. The van der Waals surface area contributed by atoms with E-state index in [-0.39, 0.29) is 46.4 Å². The molecule has 6 rings (SSSR count). The van der Waals surface area contributed by atoms with Crippen LogP contribution in [0.3, 0.4) is 0 Å². The van der Waals surface area contributed by atoms with Crippen molar-refractivity contribution in [3.8, 4) is 0 Å². The first-order chi connectivity index (χ1) is 21.1. The van der Waals surface area contributed by atoms with E-state index < -0.39 is 19.7 Å². The van der Waals surface area contributed by atoms with Crippen molar-refractivity contribution in [1.82, 2.24) is 10.6 Å². The Morgan fingerprint density at radius 1 is 0.636 bits per heavy atom. The zero-order valence-electron chi connectivity index (χ0n) is 25.2. The number of carbonyl (C=O) groups excluding carboxylic acids is 2. The number of hydrogen-bond acceptors (Lipinski definition) is 10. The van der Waals surface area contributed by atoms with E-state index in [0.717, 1.165) is 25.7 Å². The lowest BCUT2D eigenvalue weighted by atomic mass is 9.94. The van der Waals surface area contributed by atoms with Crippen molar-refractivity contribution in [1.29, 1.82) is 0 Å². The maximum absolute atomic E-state index is 12.6. The molecule has 10 nitrogen and oxygen atoms in total. The molecule has 0 bridgehead atoms. The van der Waals surface area contributed by atoms with Gasteiger partial charge in [-0.1, -0.05) is 36.4 Å². The lowest BCUT2D eigenvalue weighted by Gasteiger charge is -2.21. The lowest BCUT2D eigenvalue weighted by Crippen LogP contribution is -2.27. The van der Waals surface area contributed by atoms with Crippen molar-refractivity contribution in [3.63, 3.8) is 0 Å². The third-order valence-corrected chi connectivity index (χ3v) is 13.3. The van der Waals surface area contributed by atoms with Crippen molar-refractivity contribution >= 4 is 31.6 Å². The Labute approximate surface area is 260 Å². The Bertz CT molecular complexity index is 1450. The number of benzene rings is 2. The van der Waals surface area contributed by atoms with E-state index in [1.54, 1.807) is 38.1 Å². The second-order valence-corrected chi connectivity index (χ2v) is 16.1. The van der Waals surface area contributed by atoms with Gasteiger partial charge in [0.15, 0.2) is 19.7 Å². The van der Waals surface area contributed by atoms with Crippen LogP contribution in [0.2, 0.25) is 0 Å². The van der Waals surface area contributed by atoms with Crippen molar-refractivity contribution in [2.45, 2.75) is 84.7 Å². The Hall–Kier alpha value is -2.80. The summed E-state index contributed by atoms with van der Waals surface area (Å²) >= 11 is 0. The van der Waals surface area contributed by atoms with Gasteiger partial charge in [-0.2, -0.15) is 0 Å². The maximum Gasteiger partial charge on any atom is 0.310 e. The van der Waals surface area contributed by atoms with Gasteiger partial charge in [0, 0.05) is 12.1 Å². The second kappa shape index (κ2) is 13.7. The van der Waals surface area contributed by atoms with E-state index in [1.807, 2.05) is 24.3 Å². The fourth-order valence-electron chi connectivity index (χ4n) is 6.18. The van der Waals surface area contributed by atoms with Gasteiger partial charge in [-0.3, -0.25) is 9.59 Å². The molecule has 240 valence electrons. The largest absolute Gasteiger partial charge is 0.466 e. The predicted octanol–water partition coefficient (Wildman–Crippen LogP) is 3.67. The highest BCUT2D eigenvalue weighted by atomic mass is 32.2. The molecular weight excluding hydrogens is 604 g/mol. The molecule has 2 aliphatic carbocycles. The molecule has 2 saturated heterocycles. The molecule has 4 atom stereocenters. The molecule has 0 unspecified atom stereocenters. The summed E-state index contributed by atoms with van der Waals surface area (Å²) in [6.07, 6.45) is 4.26. The van der Waals surface area contributed by atoms with E-state index in [9.17, 15) is 26.4 Å². The molecule has 0 spiro atoms. The number of rotatable bonds is 10. The molecule has 2 heterocycles. The number of carbonyl (C=O) groups is 2. The minimum atomic E-state index is -3.29. The van der Waals surface area contributed by atoms with Crippen LogP contribution in [0, 0.1) is 11.8 Å². The topological polar surface area (TPSA) is 145 Å². The standard InChI is InChI=1S/2C16H21NO4S/c2*1-2-21-16(18)13-9-10-17-15(13)12-5-3-4-6-14(12)22(19,20)11-7-8-11/h2*3-6,11,13,15,17H,2,7-10H2,1H3/t2*13-,15-/m10/s1. The number of ether oxygens (including phenoxy) is 2. The first kappa shape index (κ1) is 32.6. The van der Waals surface area contributed by atoms with Crippen LogP contribution in [0.25, 0.3) is 0 Å². The summed E-state index contributed by atoms with van der Waals surface area (Å²) in [5, 5.41) is 6.03. The number of hydrogen-bond donors (Lipinski definition) is 2. The van der Waals surface area contributed by atoms with Gasteiger partial charge in [0.05, 0.1) is 45.3 Å². The first-order valence-corrected chi connectivity index (χ1v) is 18.7. The van der Waals surface area contributed by atoms with Gasteiger partial charge >= 0.3 is 11.9 Å². The molecule has 12 heteroatoms. The Morgan fingerprint density at radius 2 is 1.00 bits per heavy atom. The summed E-state index contributed by atoms with van der Waals surface area (Å²) in [7, 11) is -6.57. The van der Waals surface area contributed by atoms with Gasteiger partial charge in [-0.15, -0.1) is 0 Å². The Kier molecular flexibility index (Phi) is 10.1. The normalized spacial score (nSPS) is 25.1. The average molecular weight is 647 g/mol. The zero-order valence-corrected chi connectivity index (χ0v) is 26.9. The molecule has 0 aromatic heterocycles. The molecule has 2 saturated carbocycles. The smallest absolute Gasteiger partial charge is 0.310 e. The van der Waals surface area contributed by atoms with Crippen LogP contribution in [-0.2, 0) is 38.7 Å². The van der Waals surface area contributed by atoms with Gasteiger partial charge in [-0.05, 0) is 88.7 Å². The van der Waals surface area contributed by atoms with Crippen LogP contribution in [0.5, 0.6) is 0 Å². The molecule has 4 aliphatic rings. The van der Waals surface area contributed by atoms with Crippen molar-refractivity contribution in [3.05, 3.63) is 59.7 Å². The quantitative estimate of drug-likeness (QED) is 0.367. The van der Waals surface area contributed by atoms with E-state index in [0.29, 0.717) is 60.1 Å². The zero-order chi connectivity index (χ0) is 31.5. The van der Waals surface area contributed by atoms with Crippen LogP contribution in [0.4, 0.5) is 0 Å². The third kappa shape index (κ3) is 6.88. The average Bonchev–Trinajstić information content (AvgIpc) is 3.95. The van der Waals surface area contributed by atoms with E-state index in [4.69, 9.17) is 9.47 Å².